The molecule has 1 aliphatic heterocycles. The van der Waals surface area contributed by atoms with Crippen molar-refractivity contribution in [3.05, 3.63) is 28.8 Å². The van der Waals surface area contributed by atoms with Gasteiger partial charge < -0.3 is 15.4 Å². The summed E-state index contributed by atoms with van der Waals surface area (Å²) in [5, 5.41) is 0.493. The number of nitrogens with two attached hydrogens (primary N) is 1. The number of hydrogen-bond acceptors (Lipinski definition) is 3. The van der Waals surface area contributed by atoms with E-state index in [4.69, 9.17) is 22.1 Å². The largest absolute Gasteiger partial charge is 0.479 e. The maximum absolute atomic E-state index is 11.7. The lowest BCUT2D eigenvalue weighted by molar-refractivity contribution is -0.132. The van der Waals surface area contributed by atoms with Crippen LogP contribution in [0.3, 0.4) is 0 Å². The molecule has 5 heteroatoms. The van der Waals surface area contributed by atoms with Gasteiger partial charge in [0.2, 0.25) is 0 Å². The zero-order valence-corrected chi connectivity index (χ0v) is 11.3. The van der Waals surface area contributed by atoms with Gasteiger partial charge in [-0.05, 0) is 24.6 Å². The lowest BCUT2D eigenvalue weighted by Crippen LogP contribution is -2.29. The Hall–Kier alpha value is -1.26. The molecule has 1 unspecified atom stereocenters. The Morgan fingerprint density at radius 1 is 1.56 bits per heavy atom. The van der Waals surface area contributed by atoms with E-state index in [0.29, 0.717) is 17.2 Å². The average Bonchev–Trinajstić information content (AvgIpc) is 2.63. The van der Waals surface area contributed by atoms with Crippen molar-refractivity contribution >= 4 is 17.5 Å². The van der Waals surface area contributed by atoms with Gasteiger partial charge in [-0.2, -0.15) is 0 Å². The lowest BCUT2D eigenvalue weighted by Gasteiger charge is -2.15. The summed E-state index contributed by atoms with van der Waals surface area (Å²) in [7, 11) is 1.77. The third kappa shape index (κ3) is 2.60. The van der Waals surface area contributed by atoms with E-state index in [0.717, 1.165) is 12.1 Å². The first-order valence-corrected chi connectivity index (χ1v) is 6.33. The normalized spacial score (nSPS) is 21.2. The van der Waals surface area contributed by atoms with E-state index in [2.05, 4.69) is 0 Å². The molecule has 1 aromatic carbocycles. The number of hydrogen-bond donors (Lipinski definition) is 1. The van der Waals surface area contributed by atoms with Crippen molar-refractivity contribution in [2.24, 2.45) is 5.73 Å². The van der Waals surface area contributed by atoms with E-state index in [9.17, 15) is 4.79 Å². The molecule has 2 atom stereocenters. The van der Waals surface area contributed by atoms with E-state index in [1.807, 2.05) is 13.0 Å². The van der Waals surface area contributed by atoms with Crippen molar-refractivity contribution in [3.8, 4) is 5.75 Å². The molecule has 1 heterocycles. The van der Waals surface area contributed by atoms with Crippen LogP contribution in [0.1, 0.15) is 24.9 Å². The van der Waals surface area contributed by atoms with Gasteiger partial charge in [0, 0.05) is 26.1 Å². The highest BCUT2D eigenvalue weighted by Gasteiger charge is 2.31. The Morgan fingerprint density at radius 3 is 2.78 bits per heavy atom. The van der Waals surface area contributed by atoms with Crippen molar-refractivity contribution in [2.45, 2.75) is 25.5 Å². The van der Waals surface area contributed by atoms with Gasteiger partial charge in [-0.25, -0.2) is 0 Å². The van der Waals surface area contributed by atoms with Crippen molar-refractivity contribution in [3.63, 3.8) is 0 Å². The average molecular weight is 269 g/mol. The second-order valence-electron chi connectivity index (χ2n) is 4.63. The summed E-state index contributed by atoms with van der Waals surface area (Å²) in [6.45, 7) is 2.61. The third-order valence-electron chi connectivity index (χ3n) is 3.13. The molecule has 0 aromatic heterocycles. The topological polar surface area (TPSA) is 55.6 Å². The third-order valence-corrected chi connectivity index (χ3v) is 3.42. The van der Waals surface area contributed by atoms with E-state index in [1.165, 1.54) is 0 Å². The molecule has 18 heavy (non-hydrogen) atoms. The number of ether oxygens (including phenoxy) is 1. The summed E-state index contributed by atoms with van der Waals surface area (Å²) in [4.78, 5) is 13.4. The zero-order valence-electron chi connectivity index (χ0n) is 10.5. The maximum atomic E-state index is 11.7. The molecule has 1 saturated heterocycles. The number of carbonyl (C=O) groups excluding carboxylic acids is 1. The van der Waals surface area contributed by atoms with Crippen LogP contribution in [-0.4, -0.2) is 30.5 Å². The van der Waals surface area contributed by atoms with Gasteiger partial charge in [0.25, 0.3) is 5.91 Å². The van der Waals surface area contributed by atoms with Crippen molar-refractivity contribution in [2.75, 3.05) is 13.6 Å². The highest BCUT2D eigenvalue weighted by molar-refractivity contribution is 6.32. The fourth-order valence-corrected chi connectivity index (χ4v) is 2.18. The summed E-state index contributed by atoms with van der Waals surface area (Å²) >= 11 is 6.13. The predicted molar refractivity (Wildman–Crippen MR) is 70.7 cm³/mol. The number of carbonyl (C=O) groups is 1. The first kappa shape index (κ1) is 13.2. The van der Waals surface area contributed by atoms with E-state index in [-0.39, 0.29) is 11.9 Å². The Kier molecular flexibility index (Phi) is 3.78. The van der Waals surface area contributed by atoms with Crippen molar-refractivity contribution < 1.29 is 9.53 Å². The van der Waals surface area contributed by atoms with Crippen molar-refractivity contribution in [1.82, 2.24) is 4.90 Å². The minimum Gasteiger partial charge on any atom is -0.479 e. The Bertz CT molecular complexity index is 462. The standard InChI is InChI=1S/C13H17ClN2O2/c1-8(15)9-3-4-11(10(14)7-9)18-12-5-6-16(2)13(12)17/h3-4,7-8,12H,5-6,15H2,1-2H3/t8-,12?/m0/s1. The first-order valence-electron chi connectivity index (χ1n) is 5.95. The Morgan fingerprint density at radius 2 is 2.28 bits per heavy atom. The predicted octanol–water partition coefficient (Wildman–Crippen LogP) is 1.97. The first-order chi connectivity index (χ1) is 8.49. The fraction of sp³-hybridized carbons (Fsp3) is 0.462. The number of rotatable bonds is 3. The number of amides is 1. The number of benzene rings is 1. The number of halogens is 1. The SMILES string of the molecule is C[C@H](N)c1ccc(OC2CCN(C)C2=O)c(Cl)c1. The van der Waals surface area contributed by atoms with Crippen LogP contribution in [0, 0.1) is 0 Å². The van der Waals surface area contributed by atoms with Crippen LogP contribution < -0.4 is 10.5 Å². The molecule has 1 fully saturated rings. The quantitative estimate of drug-likeness (QED) is 0.912. The molecule has 0 spiro atoms. The molecule has 2 N–H and O–H groups in total. The molecule has 0 bridgehead atoms. The van der Waals surface area contributed by atoms with Gasteiger partial charge in [0.1, 0.15) is 5.75 Å². The van der Waals surface area contributed by atoms with Gasteiger partial charge in [0.05, 0.1) is 5.02 Å². The Balaban J connectivity index is 2.13. The highest BCUT2D eigenvalue weighted by atomic mass is 35.5. The van der Waals surface area contributed by atoms with Crippen LogP contribution in [0.25, 0.3) is 0 Å². The number of nitrogens with zero attached hydrogens (tertiary/aromatic N) is 1. The van der Waals surface area contributed by atoms with Crippen LogP contribution in [0.5, 0.6) is 5.75 Å². The van der Waals surface area contributed by atoms with Gasteiger partial charge in [-0.1, -0.05) is 17.7 Å². The van der Waals surface area contributed by atoms with Crippen LogP contribution in [0.2, 0.25) is 5.02 Å². The summed E-state index contributed by atoms with van der Waals surface area (Å²) < 4.78 is 5.66. The summed E-state index contributed by atoms with van der Waals surface area (Å²) in [6.07, 6.45) is 0.273. The summed E-state index contributed by atoms with van der Waals surface area (Å²) in [5.41, 5.74) is 6.72. The van der Waals surface area contributed by atoms with Gasteiger partial charge in [0.15, 0.2) is 6.10 Å². The fourth-order valence-electron chi connectivity index (χ4n) is 1.95. The lowest BCUT2D eigenvalue weighted by atomic mass is 10.1. The zero-order chi connectivity index (χ0) is 13.3. The minimum atomic E-state index is -0.423. The minimum absolute atomic E-state index is 0.00216. The second-order valence-corrected chi connectivity index (χ2v) is 5.04. The molecule has 4 nitrogen and oxygen atoms in total. The molecule has 98 valence electrons. The highest BCUT2D eigenvalue weighted by Crippen LogP contribution is 2.29. The van der Waals surface area contributed by atoms with Gasteiger partial charge in [-0.15, -0.1) is 0 Å². The number of likely N-dealkylation sites (tertiary alicyclic amines) is 1. The molecule has 0 saturated carbocycles. The number of likely N-dealkylation sites (N-methyl/N-ethyl adjacent to an activating group) is 1. The molecule has 1 amide bonds. The second kappa shape index (κ2) is 5.16. The van der Waals surface area contributed by atoms with Crippen LogP contribution in [0.15, 0.2) is 18.2 Å². The van der Waals surface area contributed by atoms with Gasteiger partial charge in [-0.3, -0.25) is 4.79 Å². The van der Waals surface area contributed by atoms with Crippen LogP contribution >= 0.6 is 11.6 Å². The summed E-state index contributed by atoms with van der Waals surface area (Å²) in [5.74, 6) is 0.539. The van der Waals surface area contributed by atoms with Crippen LogP contribution in [-0.2, 0) is 4.79 Å². The van der Waals surface area contributed by atoms with E-state index < -0.39 is 6.10 Å². The van der Waals surface area contributed by atoms with E-state index >= 15 is 0 Å². The summed E-state index contributed by atoms with van der Waals surface area (Å²) in [6, 6.07) is 5.35. The van der Waals surface area contributed by atoms with E-state index in [1.54, 1.807) is 24.1 Å². The van der Waals surface area contributed by atoms with Crippen LogP contribution in [0.4, 0.5) is 0 Å². The smallest absolute Gasteiger partial charge is 0.263 e. The molecule has 0 aliphatic carbocycles. The van der Waals surface area contributed by atoms with Gasteiger partial charge >= 0.3 is 0 Å². The molecular weight excluding hydrogens is 252 g/mol. The molecule has 0 radical (unpaired) electrons. The molecule has 1 aliphatic rings. The molecule has 2 rings (SSSR count). The maximum Gasteiger partial charge on any atom is 0.263 e. The monoisotopic (exact) mass is 268 g/mol. The molecule has 1 aromatic rings. The Labute approximate surface area is 112 Å². The van der Waals surface area contributed by atoms with Crippen molar-refractivity contribution in [1.29, 1.82) is 0 Å². The molecular formula is C13H17ClN2O2.